The van der Waals surface area contributed by atoms with Gasteiger partial charge < -0.3 is 19.1 Å². The average molecular weight is 586 g/mol. The fraction of sp³-hybridized carbons (Fsp3) is 0.886. The van der Waals surface area contributed by atoms with Gasteiger partial charge in [-0.25, -0.2) is 0 Å². The number of ether oxygens (including phenoxy) is 2. The van der Waals surface area contributed by atoms with E-state index in [9.17, 15) is 14.7 Å². The van der Waals surface area contributed by atoms with Crippen molar-refractivity contribution in [2.45, 2.75) is 129 Å². The molecule has 7 nitrogen and oxygen atoms in total. The Labute approximate surface area is 253 Å². The zero-order valence-corrected chi connectivity index (χ0v) is 26.8. The van der Waals surface area contributed by atoms with Crippen molar-refractivity contribution in [2.75, 3.05) is 32.7 Å². The van der Waals surface area contributed by atoms with Crippen molar-refractivity contribution in [1.29, 1.82) is 0 Å². The summed E-state index contributed by atoms with van der Waals surface area (Å²) in [4.78, 5) is 27.3. The van der Waals surface area contributed by atoms with Gasteiger partial charge in [0.1, 0.15) is 12.1 Å². The van der Waals surface area contributed by atoms with Gasteiger partial charge >= 0.3 is 11.9 Å². The van der Waals surface area contributed by atoms with E-state index in [-0.39, 0.29) is 47.1 Å². The molecule has 6 fully saturated rings. The van der Waals surface area contributed by atoms with Crippen LogP contribution in [0, 0.1) is 34.5 Å². The second-order valence-electron chi connectivity index (χ2n) is 15.8. The van der Waals surface area contributed by atoms with Gasteiger partial charge in [0.05, 0.1) is 25.7 Å². The molecule has 2 saturated heterocycles. The minimum Gasteiger partial charge on any atom is -0.461 e. The van der Waals surface area contributed by atoms with E-state index in [0.717, 1.165) is 62.6 Å². The van der Waals surface area contributed by atoms with Crippen LogP contribution in [0.15, 0.2) is 12.7 Å². The Morgan fingerprint density at radius 3 is 2.29 bits per heavy atom. The van der Waals surface area contributed by atoms with Crippen LogP contribution in [0.4, 0.5) is 0 Å². The van der Waals surface area contributed by atoms with Crippen LogP contribution in [0.5, 0.6) is 0 Å². The molecule has 42 heavy (non-hydrogen) atoms. The molecule has 0 aromatic carbocycles. The molecular weight excluding hydrogens is 528 g/mol. The average Bonchev–Trinajstić information content (AvgIpc) is 3.52. The zero-order chi connectivity index (χ0) is 29.9. The molecule has 2 aliphatic heterocycles. The molecule has 0 aromatic rings. The molecule has 5 unspecified atom stereocenters. The highest BCUT2D eigenvalue weighted by molar-refractivity contribution is 5.66. The highest BCUT2D eigenvalue weighted by atomic mass is 16.5. The lowest BCUT2D eigenvalue weighted by atomic mass is 9.44. The summed E-state index contributed by atoms with van der Waals surface area (Å²) in [5.41, 5.74) is 0.227. The second kappa shape index (κ2) is 11.5. The van der Waals surface area contributed by atoms with E-state index in [1.54, 1.807) is 13.8 Å². The minimum absolute atomic E-state index is 0.0169. The predicted octanol–water partition coefficient (Wildman–Crippen LogP) is 5.10. The van der Waals surface area contributed by atoms with Crippen LogP contribution in [0.25, 0.3) is 0 Å². The topological polar surface area (TPSA) is 76.1 Å². The molecule has 2 heterocycles. The number of quaternary nitrogens is 1. The van der Waals surface area contributed by atoms with Gasteiger partial charge in [-0.1, -0.05) is 20.4 Å². The lowest BCUT2D eigenvalue weighted by molar-refractivity contribution is -0.937. The van der Waals surface area contributed by atoms with Gasteiger partial charge in [0.15, 0.2) is 6.10 Å². The van der Waals surface area contributed by atoms with E-state index in [1.165, 1.54) is 45.2 Å². The summed E-state index contributed by atoms with van der Waals surface area (Å²) in [7, 11) is 0. The van der Waals surface area contributed by atoms with E-state index < -0.39 is 0 Å². The summed E-state index contributed by atoms with van der Waals surface area (Å²) in [6.45, 7) is 17.5. The molecule has 0 radical (unpaired) electrons. The molecule has 4 aliphatic carbocycles. The van der Waals surface area contributed by atoms with E-state index in [0.29, 0.717) is 29.7 Å². The van der Waals surface area contributed by atoms with Crippen LogP contribution >= 0.6 is 0 Å². The summed E-state index contributed by atoms with van der Waals surface area (Å²) in [5.74, 6) is 2.14. The number of hydrogen-bond donors (Lipinski definition) is 1. The Morgan fingerprint density at radius 1 is 0.952 bits per heavy atom. The smallest absolute Gasteiger partial charge is 0.303 e. The van der Waals surface area contributed by atoms with Crippen molar-refractivity contribution in [2.24, 2.45) is 34.5 Å². The number of aliphatic hydroxyl groups is 1. The molecule has 0 bridgehead atoms. The molecule has 0 amide bonds. The van der Waals surface area contributed by atoms with E-state index in [2.05, 4.69) is 31.4 Å². The van der Waals surface area contributed by atoms with Crippen LogP contribution in [0.1, 0.15) is 98.3 Å². The third-order valence-electron chi connectivity index (χ3n) is 13.8. The first-order valence-electron chi connectivity index (χ1n) is 17.2. The van der Waals surface area contributed by atoms with Gasteiger partial charge in [0.2, 0.25) is 0 Å². The van der Waals surface area contributed by atoms with Crippen molar-refractivity contribution in [1.82, 2.24) is 4.90 Å². The van der Waals surface area contributed by atoms with E-state index in [4.69, 9.17) is 9.47 Å². The number of fused-ring (bicyclic) bond motifs is 5. The number of likely N-dealkylation sites (tertiary alicyclic amines) is 2. The molecule has 0 spiro atoms. The van der Waals surface area contributed by atoms with E-state index in [1.807, 2.05) is 0 Å². The number of nitrogens with zero attached hydrogens (tertiary/aromatic N) is 2. The van der Waals surface area contributed by atoms with Crippen molar-refractivity contribution in [3.63, 3.8) is 0 Å². The molecule has 0 aromatic heterocycles. The van der Waals surface area contributed by atoms with Crippen LogP contribution in [0.2, 0.25) is 0 Å². The van der Waals surface area contributed by atoms with Gasteiger partial charge in [-0.3, -0.25) is 14.5 Å². The minimum atomic E-state index is -0.210. The van der Waals surface area contributed by atoms with Gasteiger partial charge in [-0.2, -0.15) is 0 Å². The van der Waals surface area contributed by atoms with Crippen LogP contribution in [-0.4, -0.2) is 89.5 Å². The summed E-state index contributed by atoms with van der Waals surface area (Å²) >= 11 is 0. The standard InChI is InChI=1S/C35H57N2O5/c1-6-17-37(18-7-8-19-37)31-21-29-27-10-9-25-20-32(41-23(2)38)30(36-15-12-26(40)13-16-36)22-35(25,5)28(27)11-14-34(29,4)33(31)42-24(3)39/h6,25-33,40H,1,7-22H2,2-5H3/q+1/t25?,27-,28-,29+,30?,31?,32?,33?,34+,35+/m1/s1. The van der Waals surface area contributed by atoms with Crippen molar-refractivity contribution >= 4 is 11.9 Å². The van der Waals surface area contributed by atoms with Crippen molar-refractivity contribution < 1.29 is 28.7 Å². The highest BCUT2D eigenvalue weighted by Crippen LogP contribution is 2.68. The van der Waals surface area contributed by atoms with Gasteiger partial charge in [-0.05, 0) is 86.5 Å². The number of carbonyl (C=O) groups excluding carboxylic acids is 2. The Kier molecular flexibility index (Phi) is 8.36. The maximum absolute atomic E-state index is 12.6. The first-order valence-corrected chi connectivity index (χ1v) is 17.2. The first kappa shape index (κ1) is 30.6. The van der Waals surface area contributed by atoms with Crippen LogP contribution < -0.4 is 0 Å². The lowest BCUT2D eigenvalue weighted by Crippen LogP contribution is -2.61. The van der Waals surface area contributed by atoms with Crippen LogP contribution in [0.3, 0.4) is 0 Å². The fourth-order valence-corrected chi connectivity index (χ4v) is 11.9. The van der Waals surface area contributed by atoms with Gasteiger partial charge in [0, 0.05) is 57.7 Å². The number of hydrogen-bond acceptors (Lipinski definition) is 6. The lowest BCUT2D eigenvalue weighted by Gasteiger charge is -2.62. The van der Waals surface area contributed by atoms with Crippen molar-refractivity contribution in [3.05, 3.63) is 12.7 Å². The number of rotatable bonds is 6. The van der Waals surface area contributed by atoms with Gasteiger partial charge in [0.25, 0.3) is 0 Å². The largest absolute Gasteiger partial charge is 0.461 e. The second-order valence-corrected chi connectivity index (χ2v) is 15.8. The number of aliphatic hydroxyl groups excluding tert-OH is 1. The molecule has 236 valence electrons. The number of esters is 2. The quantitative estimate of drug-likeness (QED) is 0.266. The fourth-order valence-electron chi connectivity index (χ4n) is 11.9. The first-order chi connectivity index (χ1) is 20.0. The summed E-state index contributed by atoms with van der Waals surface area (Å²) in [5, 5.41) is 10.2. The SMILES string of the molecule is C=CC[N+]1(C2C[C@H]3[C@@H]4CCC5CC(OC(C)=O)C(N6CCC(O)CC6)C[C@]5(C)[C@@H]4CC[C@]3(C)C2OC(C)=O)CCCC1. The van der Waals surface area contributed by atoms with Gasteiger partial charge in [-0.15, -0.1) is 0 Å². The normalized spacial score (nSPS) is 45.4. The number of carbonyl (C=O) groups is 2. The summed E-state index contributed by atoms with van der Waals surface area (Å²) in [6, 6.07) is 0.590. The maximum Gasteiger partial charge on any atom is 0.303 e. The van der Waals surface area contributed by atoms with Crippen molar-refractivity contribution in [3.8, 4) is 0 Å². The number of piperidine rings is 1. The molecule has 4 saturated carbocycles. The Balaban J connectivity index is 1.30. The Bertz CT molecular complexity index is 1030. The third kappa shape index (κ3) is 5.07. The van der Waals surface area contributed by atoms with E-state index >= 15 is 0 Å². The highest BCUT2D eigenvalue weighted by Gasteiger charge is 2.67. The Hall–Kier alpha value is -1.44. The predicted molar refractivity (Wildman–Crippen MR) is 162 cm³/mol. The molecule has 1 N–H and O–H groups in total. The molecule has 6 aliphatic rings. The summed E-state index contributed by atoms with van der Waals surface area (Å²) < 4.78 is 13.5. The molecular formula is C35H57N2O5+. The molecule has 6 rings (SSSR count). The third-order valence-corrected chi connectivity index (χ3v) is 13.8. The van der Waals surface area contributed by atoms with Crippen LogP contribution in [-0.2, 0) is 19.1 Å². The zero-order valence-electron chi connectivity index (χ0n) is 26.8. The maximum atomic E-state index is 12.6. The monoisotopic (exact) mass is 585 g/mol. The Morgan fingerprint density at radius 2 is 1.64 bits per heavy atom. The summed E-state index contributed by atoms with van der Waals surface area (Å²) in [6.07, 6.45) is 13.9. The molecule has 10 atom stereocenters. The molecule has 7 heteroatoms.